The quantitative estimate of drug-likeness (QED) is 0.660. The lowest BCUT2D eigenvalue weighted by Crippen LogP contribution is -2.25. The zero-order valence-electron chi connectivity index (χ0n) is 12.0. The largest absolute Gasteiger partial charge is 0.198 e. The minimum Gasteiger partial charge on any atom is -0.198 e. The predicted octanol–water partition coefficient (Wildman–Crippen LogP) is 5.31. The van der Waals surface area contributed by atoms with Gasteiger partial charge in [0.2, 0.25) is 0 Å². The maximum absolute atomic E-state index is 8.95. The molecule has 102 valence electrons. The summed E-state index contributed by atoms with van der Waals surface area (Å²) in [7, 11) is 0. The van der Waals surface area contributed by atoms with Gasteiger partial charge in [-0.15, -0.1) is 0 Å². The molecular weight excluding hydrogens is 218 g/mol. The normalized spacial score (nSPS) is 37.1. The van der Waals surface area contributed by atoms with E-state index in [-0.39, 0.29) is 0 Å². The van der Waals surface area contributed by atoms with Gasteiger partial charge < -0.3 is 0 Å². The molecule has 0 aromatic rings. The van der Waals surface area contributed by atoms with E-state index < -0.39 is 0 Å². The molecule has 2 rings (SSSR count). The summed E-state index contributed by atoms with van der Waals surface area (Å²) in [4.78, 5) is 0. The van der Waals surface area contributed by atoms with Gasteiger partial charge in [-0.1, -0.05) is 39.0 Å². The summed E-state index contributed by atoms with van der Waals surface area (Å²) in [5.41, 5.74) is 0. The van der Waals surface area contributed by atoms with Crippen LogP contribution in [0, 0.1) is 35.0 Å². The van der Waals surface area contributed by atoms with Crippen molar-refractivity contribution in [2.24, 2.45) is 23.7 Å². The minimum atomic E-state index is 0.377. The van der Waals surface area contributed by atoms with E-state index in [0.717, 1.165) is 17.8 Å². The Bertz CT molecular complexity index is 262. The monoisotopic (exact) mass is 247 g/mol. The lowest BCUT2D eigenvalue weighted by molar-refractivity contribution is 0.153. The molecule has 2 aliphatic rings. The fourth-order valence-electron chi connectivity index (χ4n) is 4.16. The number of hydrogen-bond donors (Lipinski definition) is 0. The molecule has 2 saturated carbocycles. The Balaban J connectivity index is 1.69. The van der Waals surface area contributed by atoms with Gasteiger partial charge >= 0.3 is 0 Å². The van der Waals surface area contributed by atoms with Crippen LogP contribution in [0.5, 0.6) is 0 Å². The summed E-state index contributed by atoms with van der Waals surface area (Å²) < 4.78 is 0. The SMILES string of the molecule is CCCC[C@H]1CC[C@H]([C@H]2CC[C@H](C#N)CC2)CC1. The van der Waals surface area contributed by atoms with Gasteiger partial charge in [0.05, 0.1) is 6.07 Å². The van der Waals surface area contributed by atoms with Crippen LogP contribution in [-0.4, -0.2) is 0 Å². The molecule has 0 atom stereocenters. The van der Waals surface area contributed by atoms with Crippen molar-refractivity contribution in [3.05, 3.63) is 0 Å². The molecule has 0 heterocycles. The lowest BCUT2D eigenvalue weighted by Gasteiger charge is -2.36. The van der Waals surface area contributed by atoms with Gasteiger partial charge in [0.1, 0.15) is 0 Å². The molecule has 0 radical (unpaired) electrons. The summed E-state index contributed by atoms with van der Waals surface area (Å²) in [6.45, 7) is 2.30. The van der Waals surface area contributed by atoms with Gasteiger partial charge in [-0.25, -0.2) is 0 Å². The highest BCUT2D eigenvalue weighted by Gasteiger charge is 2.30. The van der Waals surface area contributed by atoms with Crippen LogP contribution in [-0.2, 0) is 0 Å². The summed E-state index contributed by atoms with van der Waals surface area (Å²) in [6, 6.07) is 2.46. The Labute approximate surface area is 113 Å². The summed E-state index contributed by atoms with van der Waals surface area (Å²) in [6.07, 6.45) is 15.2. The van der Waals surface area contributed by atoms with E-state index in [1.54, 1.807) is 0 Å². The van der Waals surface area contributed by atoms with E-state index in [2.05, 4.69) is 13.0 Å². The van der Waals surface area contributed by atoms with Gasteiger partial charge in [-0.2, -0.15) is 5.26 Å². The van der Waals surface area contributed by atoms with E-state index in [1.807, 2.05) is 0 Å². The summed E-state index contributed by atoms with van der Waals surface area (Å²) in [5, 5.41) is 8.95. The van der Waals surface area contributed by atoms with Gasteiger partial charge in [-0.3, -0.25) is 0 Å². The highest BCUT2D eigenvalue weighted by Crippen LogP contribution is 2.42. The first-order chi connectivity index (χ1) is 8.83. The third-order valence-corrected chi connectivity index (χ3v) is 5.48. The van der Waals surface area contributed by atoms with Gasteiger partial charge in [0.15, 0.2) is 0 Å². The number of unbranched alkanes of at least 4 members (excludes halogenated alkanes) is 1. The van der Waals surface area contributed by atoms with Gasteiger partial charge in [-0.05, 0) is 56.3 Å². The predicted molar refractivity (Wildman–Crippen MR) is 76.0 cm³/mol. The Kier molecular flexibility index (Phi) is 5.54. The number of nitrogens with zero attached hydrogens (tertiary/aromatic N) is 1. The molecule has 18 heavy (non-hydrogen) atoms. The Morgan fingerprint density at radius 3 is 1.94 bits per heavy atom. The van der Waals surface area contributed by atoms with Crippen molar-refractivity contribution in [1.82, 2.24) is 0 Å². The molecule has 0 unspecified atom stereocenters. The van der Waals surface area contributed by atoms with Crippen LogP contribution in [0.2, 0.25) is 0 Å². The number of rotatable bonds is 4. The molecule has 0 bridgehead atoms. The Morgan fingerprint density at radius 1 is 0.889 bits per heavy atom. The maximum atomic E-state index is 8.95. The van der Waals surface area contributed by atoms with Crippen LogP contribution in [0.15, 0.2) is 0 Å². The molecule has 0 amide bonds. The second kappa shape index (κ2) is 7.17. The Morgan fingerprint density at radius 2 is 1.44 bits per heavy atom. The van der Waals surface area contributed by atoms with Crippen molar-refractivity contribution in [2.45, 2.75) is 77.6 Å². The van der Waals surface area contributed by atoms with E-state index in [0.29, 0.717) is 5.92 Å². The highest BCUT2D eigenvalue weighted by molar-refractivity contribution is 4.89. The number of nitriles is 1. The second-order valence-corrected chi connectivity index (χ2v) is 6.66. The Hall–Kier alpha value is -0.510. The molecular formula is C17H29N. The fraction of sp³-hybridized carbons (Fsp3) is 0.941. The van der Waals surface area contributed by atoms with Crippen LogP contribution >= 0.6 is 0 Å². The van der Waals surface area contributed by atoms with Crippen molar-refractivity contribution >= 4 is 0 Å². The van der Waals surface area contributed by atoms with Crippen LogP contribution in [0.4, 0.5) is 0 Å². The van der Waals surface area contributed by atoms with Gasteiger partial charge in [0, 0.05) is 5.92 Å². The average molecular weight is 247 g/mol. The topological polar surface area (TPSA) is 23.8 Å². The number of hydrogen-bond acceptors (Lipinski definition) is 1. The lowest BCUT2D eigenvalue weighted by atomic mass is 9.69. The molecule has 1 heteroatoms. The molecule has 0 spiro atoms. The van der Waals surface area contributed by atoms with E-state index in [4.69, 9.17) is 5.26 Å². The van der Waals surface area contributed by atoms with Crippen molar-refractivity contribution in [1.29, 1.82) is 5.26 Å². The maximum Gasteiger partial charge on any atom is 0.0655 e. The van der Waals surface area contributed by atoms with Crippen molar-refractivity contribution in [2.75, 3.05) is 0 Å². The summed E-state index contributed by atoms with van der Waals surface area (Å²) in [5.74, 6) is 3.38. The molecule has 2 aliphatic carbocycles. The van der Waals surface area contributed by atoms with Gasteiger partial charge in [0.25, 0.3) is 0 Å². The van der Waals surface area contributed by atoms with Crippen molar-refractivity contribution in [3.8, 4) is 6.07 Å². The molecule has 1 nitrogen and oxygen atoms in total. The van der Waals surface area contributed by atoms with Crippen LogP contribution in [0.3, 0.4) is 0 Å². The summed E-state index contributed by atoms with van der Waals surface area (Å²) >= 11 is 0. The highest BCUT2D eigenvalue weighted by atomic mass is 14.4. The first-order valence-electron chi connectivity index (χ1n) is 8.23. The molecule has 0 aliphatic heterocycles. The average Bonchev–Trinajstić information content (AvgIpc) is 2.46. The van der Waals surface area contributed by atoms with Crippen LogP contribution in [0.1, 0.15) is 77.6 Å². The zero-order valence-corrected chi connectivity index (χ0v) is 12.0. The third-order valence-electron chi connectivity index (χ3n) is 5.48. The van der Waals surface area contributed by atoms with E-state index in [9.17, 15) is 0 Å². The molecule has 0 saturated heterocycles. The second-order valence-electron chi connectivity index (χ2n) is 6.66. The van der Waals surface area contributed by atoms with Crippen LogP contribution in [0.25, 0.3) is 0 Å². The molecule has 0 aromatic heterocycles. The zero-order chi connectivity index (χ0) is 12.8. The first-order valence-corrected chi connectivity index (χ1v) is 8.23. The minimum absolute atomic E-state index is 0.377. The molecule has 0 aromatic carbocycles. The molecule has 0 N–H and O–H groups in total. The standard InChI is InChI=1S/C17H29N/c1-2-3-4-14-5-9-16(10-6-14)17-11-7-15(13-18)8-12-17/h14-17H,2-12H2,1H3/t14-,15-,16-,17-. The van der Waals surface area contributed by atoms with E-state index in [1.165, 1.54) is 70.6 Å². The van der Waals surface area contributed by atoms with Crippen molar-refractivity contribution < 1.29 is 0 Å². The molecule has 2 fully saturated rings. The smallest absolute Gasteiger partial charge is 0.0655 e. The van der Waals surface area contributed by atoms with Crippen LogP contribution < -0.4 is 0 Å². The van der Waals surface area contributed by atoms with Crippen molar-refractivity contribution in [3.63, 3.8) is 0 Å². The fourth-order valence-corrected chi connectivity index (χ4v) is 4.16. The first kappa shape index (κ1) is 13.9. The third kappa shape index (κ3) is 3.74. The van der Waals surface area contributed by atoms with E-state index >= 15 is 0 Å².